The maximum atomic E-state index is 13.5. The summed E-state index contributed by atoms with van der Waals surface area (Å²) in [6.07, 6.45) is 3.37. The highest BCUT2D eigenvalue weighted by molar-refractivity contribution is 5.88. The second kappa shape index (κ2) is 14.2. The molecule has 1 aliphatic heterocycles. The maximum Gasteiger partial charge on any atom is 0.261 e. The molecule has 1 heterocycles. The molecule has 1 aliphatic rings. The van der Waals surface area contributed by atoms with Gasteiger partial charge in [0.2, 0.25) is 5.91 Å². The Morgan fingerprint density at radius 2 is 1.77 bits per heavy atom. The topological polar surface area (TPSA) is 79.9 Å². The van der Waals surface area contributed by atoms with Crippen LogP contribution in [0.15, 0.2) is 72.8 Å². The Balaban J connectivity index is 1.41. The molecular weight excluding hydrogens is 490 g/mol. The summed E-state index contributed by atoms with van der Waals surface area (Å²) < 4.78 is 11.7. The molecular formula is C32H39N3O4. The van der Waals surface area contributed by atoms with Crippen LogP contribution in [-0.2, 0) is 22.7 Å². The van der Waals surface area contributed by atoms with Crippen LogP contribution in [-0.4, -0.2) is 42.5 Å². The predicted octanol–water partition coefficient (Wildman–Crippen LogP) is 5.47. The van der Waals surface area contributed by atoms with Crippen molar-refractivity contribution in [3.8, 4) is 11.5 Å². The minimum absolute atomic E-state index is 0.101. The Morgan fingerprint density at radius 1 is 1.00 bits per heavy atom. The molecule has 39 heavy (non-hydrogen) atoms. The Kier molecular flexibility index (Phi) is 10.2. The number of amides is 2. The van der Waals surface area contributed by atoms with Gasteiger partial charge in [-0.1, -0.05) is 49.4 Å². The number of nitrogens with one attached hydrogen (secondary N) is 2. The van der Waals surface area contributed by atoms with Crippen LogP contribution < -0.4 is 20.1 Å². The molecule has 2 amide bonds. The number of carbonyl (C=O) groups is 2. The number of aryl methyl sites for hydroxylation is 1. The van der Waals surface area contributed by atoms with Gasteiger partial charge in [0.25, 0.3) is 5.91 Å². The maximum absolute atomic E-state index is 13.5. The van der Waals surface area contributed by atoms with E-state index in [1.54, 1.807) is 4.90 Å². The lowest BCUT2D eigenvalue weighted by atomic mass is 10.1. The minimum Gasteiger partial charge on any atom is -0.493 e. The zero-order valence-electron chi connectivity index (χ0n) is 22.9. The Bertz CT molecular complexity index is 1210. The van der Waals surface area contributed by atoms with Gasteiger partial charge in [-0.3, -0.25) is 9.59 Å². The molecule has 3 aromatic rings. The molecule has 0 aliphatic carbocycles. The van der Waals surface area contributed by atoms with Crippen molar-refractivity contribution in [2.75, 3.05) is 25.1 Å². The van der Waals surface area contributed by atoms with E-state index in [0.29, 0.717) is 38.4 Å². The fraction of sp³-hybridized carbons (Fsp3) is 0.375. The van der Waals surface area contributed by atoms with E-state index < -0.39 is 6.04 Å². The van der Waals surface area contributed by atoms with Crippen LogP contribution in [0.5, 0.6) is 11.5 Å². The van der Waals surface area contributed by atoms with Crippen LogP contribution in [0, 0.1) is 6.92 Å². The van der Waals surface area contributed by atoms with Gasteiger partial charge in [0.15, 0.2) is 6.61 Å². The molecule has 0 spiro atoms. The van der Waals surface area contributed by atoms with Gasteiger partial charge in [-0.2, -0.15) is 0 Å². The highest BCUT2D eigenvalue weighted by Gasteiger charge is 2.31. The molecule has 206 valence electrons. The van der Waals surface area contributed by atoms with Crippen molar-refractivity contribution in [3.05, 3.63) is 89.5 Å². The molecule has 3 aromatic carbocycles. The van der Waals surface area contributed by atoms with Gasteiger partial charge in [0.05, 0.1) is 6.61 Å². The number of para-hydroxylation sites is 1. The molecule has 7 nitrogen and oxygen atoms in total. The smallest absolute Gasteiger partial charge is 0.261 e. The van der Waals surface area contributed by atoms with E-state index in [9.17, 15) is 9.59 Å². The molecule has 1 unspecified atom stereocenters. The lowest BCUT2D eigenvalue weighted by Gasteiger charge is -2.30. The van der Waals surface area contributed by atoms with Crippen LogP contribution in [0.3, 0.4) is 0 Å². The summed E-state index contributed by atoms with van der Waals surface area (Å²) in [7, 11) is 0. The number of hydrogen-bond acceptors (Lipinski definition) is 5. The van der Waals surface area contributed by atoms with E-state index in [-0.39, 0.29) is 18.4 Å². The summed E-state index contributed by atoms with van der Waals surface area (Å²) in [5.41, 5.74) is 4.13. The van der Waals surface area contributed by atoms with Crippen molar-refractivity contribution in [2.24, 2.45) is 0 Å². The highest BCUT2D eigenvalue weighted by Crippen LogP contribution is 2.23. The normalized spacial score (nSPS) is 15.1. The first-order chi connectivity index (χ1) is 19.0. The second-order valence-electron chi connectivity index (χ2n) is 9.92. The van der Waals surface area contributed by atoms with Gasteiger partial charge >= 0.3 is 0 Å². The summed E-state index contributed by atoms with van der Waals surface area (Å²) in [5.74, 6) is 1.15. The van der Waals surface area contributed by atoms with Crippen LogP contribution in [0.1, 0.15) is 49.3 Å². The zero-order valence-corrected chi connectivity index (χ0v) is 22.9. The number of carbonyl (C=O) groups excluding carboxylic acids is 2. The quantitative estimate of drug-likeness (QED) is 0.325. The monoisotopic (exact) mass is 529 g/mol. The van der Waals surface area contributed by atoms with E-state index in [4.69, 9.17) is 9.47 Å². The van der Waals surface area contributed by atoms with Gasteiger partial charge in [0, 0.05) is 25.3 Å². The molecule has 0 bridgehead atoms. The molecule has 0 radical (unpaired) electrons. The van der Waals surface area contributed by atoms with Crippen molar-refractivity contribution in [2.45, 2.75) is 58.7 Å². The fourth-order valence-corrected chi connectivity index (χ4v) is 4.66. The van der Waals surface area contributed by atoms with Gasteiger partial charge in [-0.05, 0) is 79.6 Å². The van der Waals surface area contributed by atoms with Crippen molar-refractivity contribution in [1.29, 1.82) is 0 Å². The number of nitrogens with zero attached hydrogens (tertiary/aromatic N) is 1. The molecule has 7 heteroatoms. The Morgan fingerprint density at radius 3 is 2.51 bits per heavy atom. The summed E-state index contributed by atoms with van der Waals surface area (Å²) in [6.45, 7) is 6.26. The third-order valence-electron chi connectivity index (χ3n) is 6.81. The zero-order chi connectivity index (χ0) is 27.5. The average molecular weight is 530 g/mol. The van der Waals surface area contributed by atoms with Crippen molar-refractivity contribution < 1.29 is 19.1 Å². The highest BCUT2D eigenvalue weighted by atomic mass is 16.5. The first-order valence-corrected chi connectivity index (χ1v) is 13.8. The van der Waals surface area contributed by atoms with Gasteiger partial charge < -0.3 is 25.0 Å². The average Bonchev–Trinajstić information content (AvgIpc) is 3.18. The first-order valence-electron chi connectivity index (χ1n) is 13.8. The van der Waals surface area contributed by atoms with Crippen molar-refractivity contribution in [1.82, 2.24) is 10.2 Å². The molecule has 1 fully saturated rings. The standard InChI is InChI=1S/C32H39N3O4/c1-3-19-38-30-17-14-26(20-24(30)2)22-35(29-11-7-8-18-33-32(29)37)31(36)23-39-28-15-12-25(13-16-28)21-34-27-9-5-4-6-10-27/h4-6,9-10,12-17,20,29,34H,3,7-8,11,18-19,21-23H2,1-2H3,(H,33,37). The van der Waals surface area contributed by atoms with E-state index in [2.05, 4.69) is 17.6 Å². The largest absolute Gasteiger partial charge is 0.493 e. The first kappa shape index (κ1) is 28.0. The number of ether oxygens (including phenoxy) is 2. The van der Waals surface area contributed by atoms with E-state index in [1.165, 1.54) is 0 Å². The lowest BCUT2D eigenvalue weighted by Crippen LogP contribution is -2.49. The second-order valence-corrected chi connectivity index (χ2v) is 9.92. The molecule has 1 atom stereocenters. The van der Waals surface area contributed by atoms with Crippen LogP contribution >= 0.6 is 0 Å². The molecule has 0 aromatic heterocycles. The molecule has 4 rings (SSSR count). The SMILES string of the molecule is CCCOc1ccc(CN(C(=O)COc2ccc(CNc3ccccc3)cc2)C2CCCCNC2=O)cc1C. The lowest BCUT2D eigenvalue weighted by molar-refractivity contribution is -0.142. The van der Waals surface area contributed by atoms with E-state index >= 15 is 0 Å². The van der Waals surface area contributed by atoms with Crippen LogP contribution in [0.4, 0.5) is 5.69 Å². The summed E-state index contributed by atoms with van der Waals surface area (Å²) in [5, 5.41) is 6.35. The summed E-state index contributed by atoms with van der Waals surface area (Å²) >= 11 is 0. The van der Waals surface area contributed by atoms with Gasteiger partial charge in [-0.25, -0.2) is 0 Å². The third-order valence-corrected chi connectivity index (χ3v) is 6.81. The predicted molar refractivity (Wildman–Crippen MR) is 154 cm³/mol. The number of rotatable bonds is 12. The summed E-state index contributed by atoms with van der Waals surface area (Å²) in [6, 6.07) is 23.2. The number of benzene rings is 3. The van der Waals surface area contributed by atoms with Gasteiger partial charge in [0.1, 0.15) is 17.5 Å². The van der Waals surface area contributed by atoms with E-state index in [1.807, 2.05) is 79.7 Å². The molecule has 2 N–H and O–H groups in total. The minimum atomic E-state index is -0.522. The fourth-order valence-electron chi connectivity index (χ4n) is 4.66. The van der Waals surface area contributed by atoms with Crippen molar-refractivity contribution in [3.63, 3.8) is 0 Å². The van der Waals surface area contributed by atoms with Gasteiger partial charge in [-0.15, -0.1) is 0 Å². The Labute approximate surface area is 231 Å². The van der Waals surface area contributed by atoms with E-state index in [0.717, 1.165) is 47.4 Å². The van der Waals surface area contributed by atoms with Crippen molar-refractivity contribution >= 4 is 17.5 Å². The Hall–Kier alpha value is -4.00. The summed E-state index contributed by atoms with van der Waals surface area (Å²) in [4.78, 5) is 28.0. The number of anilines is 1. The third kappa shape index (κ3) is 8.24. The van der Waals surface area contributed by atoms with Crippen LogP contribution in [0.25, 0.3) is 0 Å². The molecule has 1 saturated heterocycles. The molecule has 0 saturated carbocycles. The number of hydrogen-bond donors (Lipinski definition) is 2. The van der Waals surface area contributed by atoms with Crippen LogP contribution in [0.2, 0.25) is 0 Å².